The Morgan fingerprint density at radius 1 is 0.608 bits per heavy atom. The van der Waals surface area contributed by atoms with Crippen molar-refractivity contribution < 1.29 is 4.42 Å². The molecule has 240 valence electrons. The van der Waals surface area contributed by atoms with Crippen LogP contribution in [0.4, 0.5) is 0 Å². The van der Waals surface area contributed by atoms with Gasteiger partial charge >= 0.3 is 5.69 Å². The Hall–Kier alpha value is -6.79. The quantitative estimate of drug-likeness (QED) is 0.178. The van der Waals surface area contributed by atoms with Crippen LogP contribution in [0.1, 0.15) is 17.7 Å². The van der Waals surface area contributed by atoms with Crippen LogP contribution in [0.5, 0.6) is 0 Å². The minimum atomic E-state index is -0.336. The minimum absolute atomic E-state index is 0.336. The van der Waals surface area contributed by atoms with Gasteiger partial charge in [0.1, 0.15) is 11.2 Å². The molecule has 0 N–H and O–H groups in total. The summed E-state index contributed by atoms with van der Waals surface area (Å²) in [5.41, 5.74) is 10.2. The molecule has 4 aromatic heterocycles. The van der Waals surface area contributed by atoms with Crippen molar-refractivity contribution in [2.75, 3.05) is 0 Å². The predicted molar refractivity (Wildman–Crippen MR) is 207 cm³/mol. The lowest BCUT2D eigenvalue weighted by atomic mass is 9.95. The number of furan rings is 1. The molecule has 0 unspecified atom stereocenters. The van der Waals surface area contributed by atoms with Crippen molar-refractivity contribution in [3.8, 4) is 28.2 Å². The summed E-state index contributed by atoms with van der Waals surface area (Å²) >= 11 is 0. The summed E-state index contributed by atoms with van der Waals surface area (Å²) in [6.07, 6.45) is 5.97. The lowest BCUT2D eigenvalue weighted by Crippen LogP contribution is -2.23. The molecule has 6 aromatic carbocycles. The zero-order chi connectivity index (χ0) is 33.6. The van der Waals surface area contributed by atoms with E-state index in [1.807, 2.05) is 54.6 Å². The van der Waals surface area contributed by atoms with Gasteiger partial charge in [-0.15, -0.1) is 0 Å². The largest absolute Gasteiger partial charge is 0.456 e. The van der Waals surface area contributed by atoms with Crippen LogP contribution < -0.4 is 5.69 Å². The number of benzene rings is 6. The van der Waals surface area contributed by atoms with Crippen LogP contribution in [0.2, 0.25) is 0 Å². The maximum atomic E-state index is 13.9. The molecule has 0 fully saturated rings. The summed E-state index contributed by atoms with van der Waals surface area (Å²) in [4.78, 5) is 23.6. The Kier molecular flexibility index (Phi) is 5.84. The average molecular weight is 657 g/mol. The van der Waals surface area contributed by atoms with Crippen LogP contribution in [-0.2, 0) is 6.42 Å². The first-order valence-electron chi connectivity index (χ1n) is 17.3. The number of aromatic nitrogens is 4. The van der Waals surface area contributed by atoms with Crippen LogP contribution in [-0.4, -0.2) is 18.9 Å². The predicted octanol–water partition coefficient (Wildman–Crippen LogP) is 10.5. The van der Waals surface area contributed by atoms with Gasteiger partial charge in [0.15, 0.2) is 11.5 Å². The van der Waals surface area contributed by atoms with Gasteiger partial charge in [-0.25, -0.2) is 14.2 Å². The van der Waals surface area contributed by atoms with E-state index in [9.17, 15) is 4.79 Å². The Bertz CT molecular complexity index is 3170. The second-order valence-electron chi connectivity index (χ2n) is 13.3. The summed E-state index contributed by atoms with van der Waals surface area (Å²) in [5, 5.41) is 6.32. The Morgan fingerprint density at radius 3 is 2.24 bits per heavy atom. The maximum absolute atomic E-state index is 13.9. The molecule has 11 rings (SSSR count). The highest BCUT2D eigenvalue weighted by Gasteiger charge is 2.21. The number of fused-ring (bicyclic) bond motifs is 12. The van der Waals surface area contributed by atoms with Crippen molar-refractivity contribution in [1.29, 1.82) is 0 Å². The standard InChI is InChI=1S/C45H28N4O2/c50-45-47-43(46-44-33-16-5-4-13-30(33)31-14-6-9-19-38(31)49(44)45)34-17-10-20-41-42(34)36-26-28(22-24-40(36)51-41)27-21-23-39-35(25-27)32-15-7-8-18-37(32)48(39)29-11-2-1-3-12-29/h1-5,7-13,15-26H,6,14H2. The molecule has 51 heavy (non-hydrogen) atoms. The summed E-state index contributed by atoms with van der Waals surface area (Å²) in [6, 6.07) is 46.2. The Labute approximate surface area is 291 Å². The molecule has 0 spiro atoms. The first-order chi connectivity index (χ1) is 25.2. The van der Waals surface area contributed by atoms with Gasteiger partial charge in [0.25, 0.3) is 0 Å². The van der Waals surface area contributed by atoms with E-state index in [1.165, 1.54) is 16.3 Å². The lowest BCUT2D eigenvalue weighted by Gasteiger charge is -2.18. The van der Waals surface area contributed by atoms with Crippen molar-refractivity contribution in [3.63, 3.8) is 0 Å². The Balaban J connectivity index is 1.12. The summed E-state index contributed by atoms with van der Waals surface area (Å²) in [7, 11) is 0. The zero-order valence-electron chi connectivity index (χ0n) is 27.4. The molecule has 0 radical (unpaired) electrons. The van der Waals surface area contributed by atoms with E-state index in [0.717, 1.165) is 84.7 Å². The molecule has 0 atom stereocenters. The van der Waals surface area contributed by atoms with Crippen LogP contribution in [0, 0.1) is 0 Å². The smallest absolute Gasteiger partial charge is 0.355 e. The molecular formula is C45H28N4O2. The SMILES string of the molecule is O=c1nc(-c2cccc3oc4ccc(-c5ccc6c(c5)c5ccccc5n6-c5ccccc5)cc4c23)nc2c3ccccc3c3c(n12)C=CCC3. The van der Waals surface area contributed by atoms with Gasteiger partial charge in [-0.05, 0) is 89.5 Å². The van der Waals surface area contributed by atoms with Crippen LogP contribution >= 0.6 is 0 Å². The number of hydrogen-bond acceptors (Lipinski definition) is 4. The fourth-order valence-electron chi connectivity index (χ4n) is 8.20. The number of nitrogens with zero attached hydrogens (tertiary/aromatic N) is 4. The van der Waals surface area contributed by atoms with E-state index in [2.05, 4.69) is 101 Å². The number of pyridine rings is 1. The zero-order valence-corrected chi connectivity index (χ0v) is 27.4. The molecule has 1 aliphatic rings. The summed E-state index contributed by atoms with van der Waals surface area (Å²) in [5.74, 6) is 0.388. The monoisotopic (exact) mass is 656 g/mol. The van der Waals surface area contributed by atoms with Crippen molar-refractivity contribution >= 4 is 66.2 Å². The van der Waals surface area contributed by atoms with E-state index in [0.29, 0.717) is 11.5 Å². The highest BCUT2D eigenvalue weighted by atomic mass is 16.3. The number of hydrogen-bond donors (Lipinski definition) is 0. The van der Waals surface area contributed by atoms with Crippen molar-refractivity contribution in [2.45, 2.75) is 12.8 Å². The van der Waals surface area contributed by atoms with E-state index < -0.39 is 0 Å². The van der Waals surface area contributed by atoms with Gasteiger partial charge in [-0.1, -0.05) is 91.0 Å². The molecule has 0 aliphatic heterocycles. The average Bonchev–Trinajstić information content (AvgIpc) is 3.73. The Morgan fingerprint density at radius 2 is 1.35 bits per heavy atom. The van der Waals surface area contributed by atoms with Gasteiger partial charge in [-0.3, -0.25) is 0 Å². The molecule has 1 aliphatic carbocycles. The maximum Gasteiger partial charge on any atom is 0.355 e. The number of allylic oxidation sites excluding steroid dienone is 1. The fourth-order valence-corrected chi connectivity index (χ4v) is 8.20. The number of para-hydroxylation sites is 2. The molecule has 10 aromatic rings. The van der Waals surface area contributed by atoms with Crippen molar-refractivity contribution in [1.82, 2.24) is 18.9 Å². The molecule has 0 saturated carbocycles. The highest BCUT2D eigenvalue weighted by Crippen LogP contribution is 2.40. The molecule has 0 saturated heterocycles. The summed E-state index contributed by atoms with van der Waals surface area (Å²) < 4.78 is 10.4. The lowest BCUT2D eigenvalue weighted by molar-refractivity contribution is 0.669. The molecular weight excluding hydrogens is 629 g/mol. The van der Waals surface area contributed by atoms with Crippen LogP contribution in [0.25, 0.3) is 94.4 Å². The molecule has 4 heterocycles. The molecule has 0 bridgehead atoms. The summed E-state index contributed by atoms with van der Waals surface area (Å²) in [6.45, 7) is 0. The fraction of sp³-hybridized carbons (Fsp3) is 0.0444. The number of aryl methyl sites for hydroxylation is 1. The van der Waals surface area contributed by atoms with Gasteiger partial charge in [0.2, 0.25) is 0 Å². The first-order valence-corrected chi connectivity index (χ1v) is 17.3. The van der Waals surface area contributed by atoms with Crippen molar-refractivity contribution in [3.05, 3.63) is 161 Å². The third kappa shape index (κ3) is 4.07. The third-order valence-electron chi connectivity index (χ3n) is 10.5. The van der Waals surface area contributed by atoms with Gasteiger partial charge < -0.3 is 8.98 Å². The van der Waals surface area contributed by atoms with E-state index in [4.69, 9.17) is 9.40 Å². The van der Waals surface area contributed by atoms with Gasteiger partial charge in [0.05, 0.1) is 16.7 Å². The second-order valence-corrected chi connectivity index (χ2v) is 13.3. The first kappa shape index (κ1) is 28.1. The molecule has 0 amide bonds. The highest BCUT2D eigenvalue weighted by molar-refractivity contribution is 6.14. The van der Waals surface area contributed by atoms with Crippen LogP contribution in [0.3, 0.4) is 0 Å². The van der Waals surface area contributed by atoms with Crippen LogP contribution in [0.15, 0.2) is 149 Å². The van der Waals surface area contributed by atoms with Gasteiger partial charge in [-0.2, -0.15) is 4.98 Å². The second kappa shape index (κ2) is 10.6. The van der Waals surface area contributed by atoms with Crippen molar-refractivity contribution in [2.24, 2.45) is 0 Å². The van der Waals surface area contributed by atoms with E-state index in [-0.39, 0.29) is 5.69 Å². The van der Waals surface area contributed by atoms with Gasteiger partial charge in [0, 0.05) is 38.2 Å². The third-order valence-corrected chi connectivity index (χ3v) is 10.5. The number of rotatable bonds is 3. The molecule has 6 nitrogen and oxygen atoms in total. The molecule has 6 heteroatoms. The topological polar surface area (TPSA) is 65.3 Å². The van der Waals surface area contributed by atoms with E-state index >= 15 is 0 Å². The normalized spacial score (nSPS) is 12.9. The van der Waals surface area contributed by atoms with E-state index in [1.54, 1.807) is 4.40 Å². The minimum Gasteiger partial charge on any atom is -0.456 e.